The minimum atomic E-state index is -1.03. The van der Waals surface area contributed by atoms with Crippen LogP contribution in [0.15, 0.2) is 24.3 Å². The van der Waals surface area contributed by atoms with Crippen molar-refractivity contribution in [3.05, 3.63) is 35.4 Å². The molecule has 1 amide bonds. The molecule has 1 aromatic carbocycles. The first kappa shape index (κ1) is 18.8. The molecule has 2 rings (SSSR count). The number of thioether (sulfide) groups is 1. The van der Waals surface area contributed by atoms with E-state index in [9.17, 15) is 9.59 Å². The van der Waals surface area contributed by atoms with Gasteiger partial charge in [0, 0.05) is 11.7 Å². The zero-order valence-corrected chi connectivity index (χ0v) is 15.2. The van der Waals surface area contributed by atoms with Crippen LogP contribution in [0, 0.1) is 5.92 Å². The van der Waals surface area contributed by atoms with Gasteiger partial charge in [0.2, 0.25) is 5.91 Å². The van der Waals surface area contributed by atoms with Gasteiger partial charge in [0.15, 0.2) is 0 Å². The predicted octanol–water partition coefficient (Wildman–Crippen LogP) is 2.22. The third-order valence-electron chi connectivity index (χ3n) is 4.14. The minimum absolute atomic E-state index is 0.154. The van der Waals surface area contributed by atoms with E-state index in [4.69, 9.17) is 5.11 Å². The van der Waals surface area contributed by atoms with Crippen molar-refractivity contribution in [2.24, 2.45) is 5.92 Å². The molecular formula is C18H26N2O3S. The number of carboxylic acids is 1. The third-order valence-corrected chi connectivity index (χ3v) is 5.57. The normalized spacial score (nSPS) is 21.7. The number of benzene rings is 1. The SMILES string of the molecule is CC(C)Cc1ccc(C(C)C2N[C@H](C(=O)NCC(=O)O)CS2)cc1. The first-order chi connectivity index (χ1) is 11.4. The van der Waals surface area contributed by atoms with Crippen LogP contribution >= 0.6 is 11.8 Å². The Morgan fingerprint density at radius 2 is 1.96 bits per heavy atom. The Balaban J connectivity index is 1.90. The summed E-state index contributed by atoms with van der Waals surface area (Å²) in [6, 6.07) is 8.37. The summed E-state index contributed by atoms with van der Waals surface area (Å²) >= 11 is 1.71. The molecule has 0 spiro atoms. The standard InChI is InChI=1S/C18H26N2O3S/c1-11(2)8-13-4-6-14(7-5-13)12(3)18-20-15(10-24-18)17(23)19-9-16(21)22/h4-7,11-12,15,18,20H,8-10H2,1-3H3,(H,19,23)(H,21,22)/t12?,15-,18?/m0/s1. The lowest BCUT2D eigenvalue weighted by Crippen LogP contribution is -2.46. The number of hydrogen-bond donors (Lipinski definition) is 3. The molecule has 3 N–H and O–H groups in total. The van der Waals surface area contributed by atoms with E-state index in [1.54, 1.807) is 11.8 Å². The van der Waals surface area contributed by atoms with Crippen molar-refractivity contribution in [3.63, 3.8) is 0 Å². The van der Waals surface area contributed by atoms with Crippen molar-refractivity contribution >= 4 is 23.6 Å². The summed E-state index contributed by atoms with van der Waals surface area (Å²) in [6.07, 6.45) is 1.08. The summed E-state index contributed by atoms with van der Waals surface area (Å²) in [6.45, 7) is 6.25. The molecule has 3 atom stereocenters. The highest BCUT2D eigenvalue weighted by Gasteiger charge is 2.33. The van der Waals surface area contributed by atoms with Crippen molar-refractivity contribution in [1.82, 2.24) is 10.6 Å². The smallest absolute Gasteiger partial charge is 0.322 e. The summed E-state index contributed by atoms with van der Waals surface area (Å²) in [5.74, 6) is 0.310. The predicted molar refractivity (Wildman–Crippen MR) is 97.2 cm³/mol. The summed E-state index contributed by atoms with van der Waals surface area (Å²) in [5.41, 5.74) is 2.60. The Bertz CT molecular complexity index is 574. The number of carbonyl (C=O) groups is 2. The zero-order valence-electron chi connectivity index (χ0n) is 14.4. The maximum absolute atomic E-state index is 12.0. The molecule has 2 unspecified atom stereocenters. The third kappa shape index (κ3) is 5.24. The molecule has 1 saturated heterocycles. The van der Waals surface area contributed by atoms with Crippen LogP contribution in [-0.2, 0) is 16.0 Å². The van der Waals surface area contributed by atoms with Crippen molar-refractivity contribution in [1.29, 1.82) is 0 Å². The fourth-order valence-corrected chi connectivity index (χ4v) is 4.18. The van der Waals surface area contributed by atoms with Crippen LogP contribution in [0.1, 0.15) is 37.8 Å². The zero-order chi connectivity index (χ0) is 17.7. The highest BCUT2D eigenvalue weighted by molar-refractivity contribution is 8.00. The van der Waals surface area contributed by atoms with Crippen molar-refractivity contribution < 1.29 is 14.7 Å². The number of hydrogen-bond acceptors (Lipinski definition) is 4. The Morgan fingerprint density at radius 1 is 1.29 bits per heavy atom. The van der Waals surface area contributed by atoms with E-state index in [-0.39, 0.29) is 29.8 Å². The second-order valence-electron chi connectivity index (χ2n) is 6.71. The summed E-state index contributed by atoms with van der Waals surface area (Å²) < 4.78 is 0. The Morgan fingerprint density at radius 3 is 2.54 bits per heavy atom. The minimum Gasteiger partial charge on any atom is -0.480 e. The van der Waals surface area contributed by atoms with E-state index >= 15 is 0 Å². The van der Waals surface area contributed by atoms with Crippen LogP contribution in [0.3, 0.4) is 0 Å². The van der Waals surface area contributed by atoms with Crippen molar-refractivity contribution in [2.75, 3.05) is 12.3 Å². The van der Waals surface area contributed by atoms with Crippen LogP contribution in [0.2, 0.25) is 0 Å². The van der Waals surface area contributed by atoms with E-state index in [2.05, 4.69) is 55.7 Å². The van der Waals surface area contributed by atoms with E-state index in [1.807, 2.05) is 0 Å². The lowest BCUT2D eigenvalue weighted by atomic mass is 9.96. The largest absolute Gasteiger partial charge is 0.480 e. The molecule has 132 valence electrons. The van der Waals surface area contributed by atoms with Gasteiger partial charge in [0.05, 0.1) is 11.4 Å². The number of carbonyl (C=O) groups excluding carboxylic acids is 1. The molecule has 5 nitrogen and oxygen atoms in total. The maximum atomic E-state index is 12.0. The van der Waals surface area contributed by atoms with Crippen molar-refractivity contribution in [2.45, 2.75) is 44.5 Å². The van der Waals surface area contributed by atoms with Crippen LogP contribution < -0.4 is 10.6 Å². The van der Waals surface area contributed by atoms with Gasteiger partial charge in [-0.1, -0.05) is 45.0 Å². The molecule has 1 aliphatic heterocycles. The van der Waals surface area contributed by atoms with E-state index in [0.717, 1.165) is 6.42 Å². The van der Waals surface area contributed by atoms with Gasteiger partial charge in [-0.3, -0.25) is 14.9 Å². The van der Waals surface area contributed by atoms with E-state index < -0.39 is 5.97 Å². The number of nitrogens with one attached hydrogen (secondary N) is 2. The fraction of sp³-hybridized carbons (Fsp3) is 0.556. The average molecular weight is 350 g/mol. The van der Waals surface area contributed by atoms with Gasteiger partial charge in [-0.25, -0.2) is 0 Å². The van der Waals surface area contributed by atoms with Gasteiger partial charge in [0.25, 0.3) is 0 Å². The lowest BCUT2D eigenvalue weighted by Gasteiger charge is -2.21. The molecule has 1 aromatic rings. The molecular weight excluding hydrogens is 324 g/mol. The van der Waals surface area contributed by atoms with Crippen LogP contribution in [0.5, 0.6) is 0 Å². The van der Waals surface area contributed by atoms with Crippen LogP contribution in [0.25, 0.3) is 0 Å². The average Bonchev–Trinajstić information content (AvgIpc) is 3.02. The van der Waals surface area contributed by atoms with Gasteiger partial charge < -0.3 is 10.4 Å². The monoisotopic (exact) mass is 350 g/mol. The number of amides is 1. The summed E-state index contributed by atoms with van der Waals surface area (Å²) in [5, 5.41) is 14.5. The topological polar surface area (TPSA) is 78.4 Å². The molecule has 0 bridgehead atoms. The number of aliphatic carboxylic acids is 1. The molecule has 6 heteroatoms. The second-order valence-corrected chi connectivity index (χ2v) is 7.89. The second kappa shape index (κ2) is 8.53. The van der Waals surface area contributed by atoms with Crippen LogP contribution in [-0.4, -0.2) is 40.7 Å². The lowest BCUT2D eigenvalue weighted by molar-refractivity contribution is -0.138. The number of rotatable bonds is 7. The maximum Gasteiger partial charge on any atom is 0.322 e. The van der Waals surface area contributed by atoms with Gasteiger partial charge >= 0.3 is 5.97 Å². The van der Waals surface area contributed by atoms with Gasteiger partial charge in [0.1, 0.15) is 6.54 Å². The molecule has 1 heterocycles. The van der Waals surface area contributed by atoms with Crippen LogP contribution in [0.4, 0.5) is 0 Å². The Hall–Kier alpha value is -1.53. The summed E-state index contributed by atoms with van der Waals surface area (Å²) in [4.78, 5) is 22.5. The first-order valence-corrected chi connectivity index (χ1v) is 9.37. The highest BCUT2D eigenvalue weighted by atomic mass is 32.2. The van der Waals surface area contributed by atoms with Gasteiger partial charge in [-0.15, -0.1) is 11.8 Å². The Labute approximate surface area is 147 Å². The molecule has 0 aliphatic carbocycles. The Kier molecular flexibility index (Phi) is 6.69. The quantitative estimate of drug-likeness (QED) is 0.703. The van der Waals surface area contributed by atoms with E-state index in [1.165, 1.54) is 11.1 Å². The molecule has 0 radical (unpaired) electrons. The molecule has 1 fully saturated rings. The van der Waals surface area contributed by atoms with Gasteiger partial charge in [-0.2, -0.15) is 0 Å². The fourth-order valence-electron chi connectivity index (χ4n) is 2.82. The number of carboxylic acid groups (broad SMARTS) is 1. The van der Waals surface area contributed by atoms with E-state index in [0.29, 0.717) is 11.7 Å². The summed E-state index contributed by atoms with van der Waals surface area (Å²) in [7, 11) is 0. The highest BCUT2D eigenvalue weighted by Crippen LogP contribution is 2.32. The molecule has 24 heavy (non-hydrogen) atoms. The molecule has 0 aromatic heterocycles. The molecule has 1 aliphatic rings. The van der Waals surface area contributed by atoms with Gasteiger partial charge in [-0.05, 0) is 23.5 Å². The molecule has 0 saturated carbocycles. The first-order valence-electron chi connectivity index (χ1n) is 8.32. The van der Waals surface area contributed by atoms with Crippen molar-refractivity contribution in [3.8, 4) is 0 Å².